The predicted molar refractivity (Wildman–Crippen MR) is 111 cm³/mol. The van der Waals surface area contributed by atoms with E-state index < -0.39 is 0 Å². The summed E-state index contributed by atoms with van der Waals surface area (Å²) >= 11 is 3.70. The molecule has 0 saturated heterocycles. The van der Waals surface area contributed by atoms with Gasteiger partial charge in [-0.05, 0) is 66.0 Å². The van der Waals surface area contributed by atoms with Crippen molar-refractivity contribution in [2.75, 3.05) is 26.7 Å². The average molecular weight is 432 g/mol. The number of fused-ring (bicyclic) bond motifs is 2. The van der Waals surface area contributed by atoms with E-state index in [9.17, 15) is 9.90 Å². The lowest BCUT2D eigenvalue weighted by Gasteiger charge is -2.40. The normalized spacial score (nSPS) is 21.9. The predicted octanol–water partition coefficient (Wildman–Crippen LogP) is 3.09. The van der Waals surface area contributed by atoms with Gasteiger partial charge in [0, 0.05) is 31.1 Å². The molecule has 4 rings (SSSR count). The zero-order valence-corrected chi connectivity index (χ0v) is 17.7. The molecule has 5 nitrogen and oxygen atoms in total. The van der Waals surface area contributed by atoms with Crippen LogP contribution in [0.25, 0.3) is 16.5 Å². The van der Waals surface area contributed by atoms with E-state index in [-0.39, 0.29) is 24.6 Å². The zero-order chi connectivity index (χ0) is 19.3. The maximum atomic E-state index is 13.0. The van der Waals surface area contributed by atoms with Crippen molar-refractivity contribution in [3.05, 3.63) is 40.0 Å². The minimum atomic E-state index is -0.110. The van der Waals surface area contributed by atoms with Crippen molar-refractivity contribution in [1.82, 2.24) is 14.4 Å². The summed E-state index contributed by atoms with van der Waals surface area (Å²) < 4.78 is 2.87. The first-order valence-electron chi connectivity index (χ1n) is 9.63. The highest BCUT2D eigenvalue weighted by Gasteiger charge is 2.37. The highest BCUT2D eigenvalue weighted by molar-refractivity contribution is 9.10. The van der Waals surface area contributed by atoms with Crippen LogP contribution in [-0.2, 0) is 17.9 Å². The Balaban J connectivity index is 1.86. The summed E-state index contributed by atoms with van der Waals surface area (Å²) in [6.45, 7) is 6.25. The van der Waals surface area contributed by atoms with E-state index in [1.165, 1.54) is 22.1 Å². The van der Waals surface area contributed by atoms with Crippen LogP contribution < -0.4 is 0 Å². The first-order valence-corrected chi connectivity index (χ1v) is 10.4. The monoisotopic (exact) mass is 431 g/mol. The van der Waals surface area contributed by atoms with Crippen molar-refractivity contribution in [3.63, 3.8) is 0 Å². The summed E-state index contributed by atoms with van der Waals surface area (Å²) in [5, 5.41) is 11.0. The van der Waals surface area contributed by atoms with Gasteiger partial charge < -0.3 is 14.6 Å². The molecule has 0 radical (unpaired) electrons. The van der Waals surface area contributed by atoms with Crippen LogP contribution in [0.15, 0.2) is 28.9 Å². The highest BCUT2D eigenvalue weighted by Crippen LogP contribution is 2.44. The Hall–Kier alpha value is -1.63. The van der Waals surface area contributed by atoms with Gasteiger partial charge in [0.2, 0.25) is 5.91 Å². The fourth-order valence-electron chi connectivity index (χ4n) is 4.72. The number of halogens is 1. The Morgan fingerprint density at radius 2 is 2.07 bits per heavy atom. The molecule has 27 heavy (non-hydrogen) atoms. The van der Waals surface area contributed by atoms with Crippen molar-refractivity contribution in [2.24, 2.45) is 5.92 Å². The molecule has 2 atom stereocenters. The smallest absolute Gasteiger partial charge is 0.230 e. The Morgan fingerprint density at radius 1 is 1.33 bits per heavy atom. The van der Waals surface area contributed by atoms with Gasteiger partial charge in [-0.1, -0.05) is 18.2 Å². The molecule has 2 heterocycles. The summed E-state index contributed by atoms with van der Waals surface area (Å²) in [6, 6.07) is 6.50. The minimum Gasteiger partial charge on any atom is -0.376 e. The van der Waals surface area contributed by atoms with Crippen molar-refractivity contribution in [2.45, 2.75) is 33.0 Å². The number of rotatable bonds is 4. The number of carbonyl (C=O) groups is 1. The summed E-state index contributed by atoms with van der Waals surface area (Å²) in [5.41, 5.74) is 4.72. The van der Waals surface area contributed by atoms with Crippen molar-refractivity contribution < 1.29 is 9.90 Å². The first-order chi connectivity index (χ1) is 13.0. The molecule has 1 aromatic carbocycles. The fraction of sp³-hybridized carbons (Fsp3) is 0.476. The lowest BCUT2D eigenvalue weighted by Crippen LogP contribution is -2.47. The highest BCUT2D eigenvalue weighted by atomic mass is 79.9. The molecule has 0 unspecified atom stereocenters. The Kier molecular flexibility index (Phi) is 4.91. The van der Waals surface area contributed by atoms with Gasteiger partial charge in [0.25, 0.3) is 0 Å². The molecule has 6 heteroatoms. The summed E-state index contributed by atoms with van der Waals surface area (Å²) in [5.74, 6) is 0.103. The molecular formula is C21H26BrN3O2. The molecule has 1 aliphatic carbocycles. The van der Waals surface area contributed by atoms with Gasteiger partial charge in [0.15, 0.2) is 0 Å². The second-order valence-corrected chi connectivity index (χ2v) is 8.19. The van der Waals surface area contributed by atoms with Crippen LogP contribution in [0.5, 0.6) is 0 Å². The van der Waals surface area contributed by atoms with E-state index in [1.54, 1.807) is 0 Å². The number of aliphatic hydroxyl groups excluding tert-OH is 1. The van der Waals surface area contributed by atoms with Crippen LogP contribution in [0, 0.1) is 5.92 Å². The number of likely N-dealkylation sites (N-methyl/N-ethyl adjacent to an activating group) is 1. The topological polar surface area (TPSA) is 48.7 Å². The molecule has 2 aliphatic rings. The Bertz CT molecular complexity index is 929. The molecule has 0 fully saturated rings. The molecule has 1 N–H and O–H groups in total. The second-order valence-electron chi connectivity index (χ2n) is 7.44. The van der Waals surface area contributed by atoms with Gasteiger partial charge in [-0.25, -0.2) is 0 Å². The quantitative estimate of drug-likeness (QED) is 0.808. The lowest BCUT2D eigenvalue weighted by atomic mass is 9.79. The van der Waals surface area contributed by atoms with Crippen molar-refractivity contribution >= 4 is 38.3 Å². The molecule has 0 spiro atoms. The SMILES string of the molecule is CCN(CC)C(=O)[C@@H]1C=C2c3cccc4c3c(c(Br)n4CO)C[C@H]2N(C)C1. The first kappa shape index (κ1) is 18.7. The molecule has 1 aliphatic heterocycles. The molecular weight excluding hydrogens is 406 g/mol. The van der Waals surface area contributed by atoms with Gasteiger partial charge in [-0.2, -0.15) is 0 Å². The minimum absolute atomic E-state index is 0.0524. The number of hydrogen-bond donors (Lipinski definition) is 1. The number of hydrogen-bond acceptors (Lipinski definition) is 3. The third kappa shape index (κ3) is 2.77. The summed E-state index contributed by atoms with van der Waals surface area (Å²) in [7, 11) is 2.11. The van der Waals surface area contributed by atoms with E-state index in [2.05, 4.69) is 46.1 Å². The van der Waals surface area contributed by atoms with E-state index >= 15 is 0 Å². The summed E-state index contributed by atoms with van der Waals surface area (Å²) in [6.07, 6.45) is 3.09. The van der Waals surface area contributed by atoms with E-state index in [0.717, 1.165) is 36.2 Å². The maximum absolute atomic E-state index is 13.0. The molecule has 1 aromatic heterocycles. The standard InChI is InChI=1S/C21H26BrN3O2/c1-4-24(5-2)21(27)13-9-15-14-7-6-8-17-19(14)16(20(22)25(17)12-26)10-18(15)23(3)11-13/h6-9,13,18,26H,4-5,10-12H2,1-3H3/t13-,18-/m1/s1. The second kappa shape index (κ2) is 7.08. The number of amides is 1. The third-order valence-electron chi connectivity index (χ3n) is 6.12. The maximum Gasteiger partial charge on any atom is 0.230 e. The van der Waals surface area contributed by atoms with Crippen LogP contribution in [0.2, 0.25) is 0 Å². The molecule has 0 saturated carbocycles. The Morgan fingerprint density at radius 3 is 2.74 bits per heavy atom. The van der Waals surface area contributed by atoms with Gasteiger partial charge in [-0.15, -0.1) is 0 Å². The van der Waals surface area contributed by atoms with E-state index in [1.807, 2.05) is 29.4 Å². The lowest BCUT2D eigenvalue weighted by molar-refractivity contribution is -0.134. The van der Waals surface area contributed by atoms with Crippen LogP contribution in [0.1, 0.15) is 25.0 Å². The van der Waals surface area contributed by atoms with E-state index in [0.29, 0.717) is 0 Å². The van der Waals surface area contributed by atoms with Crippen LogP contribution in [-0.4, -0.2) is 58.1 Å². The molecule has 0 bridgehead atoms. The Labute approximate surface area is 168 Å². The van der Waals surface area contributed by atoms with Gasteiger partial charge in [-0.3, -0.25) is 9.69 Å². The van der Waals surface area contributed by atoms with Crippen molar-refractivity contribution in [3.8, 4) is 0 Å². The van der Waals surface area contributed by atoms with Gasteiger partial charge >= 0.3 is 0 Å². The average Bonchev–Trinajstić information content (AvgIpc) is 2.95. The largest absolute Gasteiger partial charge is 0.376 e. The fourth-order valence-corrected chi connectivity index (χ4v) is 5.39. The number of benzene rings is 1. The molecule has 2 aromatic rings. The molecule has 1 amide bonds. The van der Waals surface area contributed by atoms with Gasteiger partial charge in [0.1, 0.15) is 6.73 Å². The van der Waals surface area contributed by atoms with Crippen LogP contribution in [0.3, 0.4) is 0 Å². The third-order valence-corrected chi connectivity index (χ3v) is 7.03. The number of nitrogens with zero attached hydrogens (tertiary/aromatic N) is 3. The molecule has 144 valence electrons. The van der Waals surface area contributed by atoms with Crippen LogP contribution >= 0.6 is 15.9 Å². The van der Waals surface area contributed by atoms with Crippen molar-refractivity contribution in [1.29, 1.82) is 0 Å². The van der Waals surface area contributed by atoms with Crippen LogP contribution in [0.4, 0.5) is 0 Å². The number of aliphatic hydroxyl groups is 1. The number of carbonyl (C=O) groups excluding carboxylic acids is 1. The van der Waals surface area contributed by atoms with E-state index in [4.69, 9.17) is 0 Å². The zero-order valence-electron chi connectivity index (χ0n) is 16.1. The number of aromatic nitrogens is 1. The summed E-state index contributed by atoms with van der Waals surface area (Å²) in [4.78, 5) is 17.2. The van der Waals surface area contributed by atoms with Gasteiger partial charge in [0.05, 0.1) is 16.0 Å².